The first-order chi connectivity index (χ1) is 6.27. The third-order valence-corrected chi connectivity index (χ3v) is 3.17. The Labute approximate surface area is 81.2 Å². The van der Waals surface area contributed by atoms with Crippen LogP contribution in [0.1, 0.15) is 25.7 Å². The molecule has 13 heavy (non-hydrogen) atoms. The van der Waals surface area contributed by atoms with Gasteiger partial charge in [0, 0.05) is 13.6 Å². The Balaban J connectivity index is 2.35. The van der Waals surface area contributed by atoms with Crippen LogP contribution in [0.2, 0.25) is 0 Å². The van der Waals surface area contributed by atoms with E-state index in [0.717, 1.165) is 19.0 Å². The van der Waals surface area contributed by atoms with Gasteiger partial charge in [0.25, 0.3) is 0 Å². The van der Waals surface area contributed by atoms with Crippen LogP contribution in [0, 0.1) is 11.8 Å². The topological polar surface area (TPSA) is 38.5 Å². The SMILES string of the molecule is CON(C)CC1CCCCC1CN. The molecule has 2 atom stereocenters. The molecule has 1 aliphatic carbocycles. The van der Waals surface area contributed by atoms with Gasteiger partial charge in [-0.3, -0.25) is 0 Å². The number of rotatable bonds is 4. The zero-order valence-electron chi connectivity index (χ0n) is 8.83. The van der Waals surface area contributed by atoms with Gasteiger partial charge >= 0.3 is 0 Å². The molecule has 0 heterocycles. The zero-order valence-corrected chi connectivity index (χ0v) is 8.83. The van der Waals surface area contributed by atoms with Crippen LogP contribution in [0.3, 0.4) is 0 Å². The Morgan fingerprint density at radius 3 is 2.46 bits per heavy atom. The molecule has 2 N–H and O–H groups in total. The first kappa shape index (κ1) is 11.0. The standard InChI is InChI=1S/C10H22N2O/c1-12(13-2)8-10-6-4-3-5-9(10)7-11/h9-10H,3-8,11H2,1-2H3. The van der Waals surface area contributed by atoms with Gasteiger partial charge < -0.3 is 10.6 Å². The van der Waals surface area contributed by atoms with Crippen LogP contribution >= 0.6 is 0 Å². The van der Waals surface area contributed by atoms with Crippen LogP contribution < -0.4 is 5.73 Å². The van der Waals surface area contributed by atoms with Crippen molar-refractivity contribution in [2.45, 2.75) is 25.7 Å². The van der Waals surface area contributed by atoms with Gasteiger partial charge in [0.05, 0.1) is 7.11 Å². The van der Waals surface area contributed by atoms with E-state index in [2.05, 4.69) is 0 Å². The normalized spacial score (nSPS) is 29.5. The summed E-state index contributed by atoms with van der Waals surface area (Å²) >= 11 is 0. The van der Waals surface area contributed by atoms with Gasteiger partial charge in [-0.05, 0) is 31.2 Å². The van der Waals surface area contributed by atoms with Crippen molar-refractivity contribution in [3.63, 3.8) is 0 Å². The maximum absolute atomic E-state index is 5.75. The predicted molar refractivity (Wildman–Crippen MR) is 54.1 cm³/mol. The summed E-state index contributed by atoms with van der Waals surface area (Å²) in [5.74, 6) is 1.45. The van der Waals surface area contributed by atoms with E-state index in [-0.39, 0.29) is 0 Å². The van der Waals surface area contributed by atoms with Crippen LogP contribution in [0.15, 0.2) is 0 Å². The lowest BCUT2D eigenvalue weighted by Crippen LogP contribution is -2.35. The number of hydroxylamine groups is 2. The maximum Gasteiger partial charge on any atom is 0.0575 e. The minimum absolute atomic E-state index is 0.714. The number of hydrogen-bond acceptors (Lipinski definition) is 3. The summed E-state index contributed by atoms with van der Waals surface area (Å²) in [6.07, 6.45) is 5.34. The highest BCUT2D eigenvalue weighted by atomic mass is 16.7. The Kier molecular flexibility index (Phi) is 4.70. The zero-order chi connectivity index (χ0) is 9.68. The van der Waals surface area contributed by atoms with Crippen molar-refractivity contribution >= 4 is 0 Å². The van der Waals surface area contributed by atoms with Crippen LogP contribution in [0.5, 0.6) is 0 Å². The number of hydrogen-bond donors (Lipinski definition) is 1. The summed E-state index contributed by atoms with van der Waals surface area (Å²) in [5.41, 5.74) is 5.75. The lowest BCUT2D eigenvalue weighted by Gasteiger charge is -2.32. The van der Waals surface area contributed by atoms with E-state index in [1.54, 1.807) is 7.11 Å². The second-order valence-electron chi connectivity index (χ2n) is 4.03. The Bertz CT molecular complexity index is 141. The quantitative estimate of drug-likeness (QED) is 0.671. The van der Waals surface area contributed by atoms with E-state index in [1.165, 1.54) is 25.7 Å². The molecule has 1 saturated carbocycles. The number of nitrogens with two attached hydrogens (primary N) is 1. The van der Waals surface area contributed by atoms with Crippen molar-refractivity contribution in [3.8, 4) is 0 Å². The molecule has 3 nitrogen and oxygen atoms in total. The van der Waals surface area contributed by atoms with E-state index in [4.69, 9.17) is 10.6 Å². The molecule has 1 aliphatic rings. The minimum atomic E-state index is 0.714. The minimum Gasteiger partial charge on any atom is -0.330 e. The molecular formula is C10H22N2O. The average molecular weight is 186 g/mol. The van der Waals surface area contributed by atoms with Crippen molar-refractivity contribution in [2.75, 3.05) is 27.2 Å². The van der Waals surface area contributed by atoms with E-state index < -0.39 is 0 Å². The fraction of sp³-hybridized carbons (Fsp3) is 1.00. The molecule has 0 saturated heterocycles. The highest BCUT2D eigenvalue weighted by molar-refractivity contribution is 4.76. The van der Waals surface area contributed by atoms with Crippen LogP contribution in [-0.4, -0.2) is 32.3 Å². The molecule has 0 spiro atoms. The Morgan fingerprint density at radius 2 is 1.92 bits per heavy atom. The van der Waals surface area contributed by atoms with E-state index in [1.807, 2.05) is 12.1 Å². The van der Waals surface area contributed by atoms with E-state index in [9.17, 15) is 0 Å². The van der Waals surface area contributed by atoms with Crippen LogP contribution in [-0.2, 0) is 4.84 Å². The second kappa shape index (κ2) is 5.58. The van der Waals surface area contributed by atoms with Gasteiger partial charge in [0.2, 0.25) is 0 Å². The van der Waals surface area contributed by atoms with Crippen molar-refractivity contribution in [3.05, 3.63) is 0 Å². The highest BCUT2D eigenvalue weighted by Gasteiger charge is 2.24. The fourth-order valence-corrected chi connectivity index (χ4v) is 2.24. The molecule has 1 fully saturated rings. The monoisotopic (exact) mass is 186 g/mol. The molecule has 0 bridgehead atoms. The third-order valence-electron chi connectivity index (χ3n) is 3.17. The summed E-state index contributed by atoms with van der Waals surface area (Å²) in [6, 6.07) is 0. The molecule has 3 heteroatoms. The first-order valence-corrected chi connectivity index (χ1v) is 5.23. The van der Waals surface area contributed by atoms with Crippen molar-refractivity contribution in [1.82, 2.24) is 5.06 Å². The Morgan fingerprint density at radius 1 is 1.31 bits per heavy atom. The van der Waals surface area contributed by atoms with Crippen molar-refractivity contribution in [2.24, 2.45) is 17.6 Å². The molecule has 1 rings (SSSR count). The van der Waals surface area contributed by atoms with Gasteiger partial charge in [-0.1, -0.05) is 12.8 Å². The number of nitrogens with zero attached hydrogens (tertiary/aromatic N) is 1. The lowest BCUT2D eigenvalue weighted by atomic mass is 9.79. The second-order valence-corrected chi connectivity index (χ2v) is 4.03. The Hall–Kier alpha value is -0.120. The molecule has 0 radical (unpaired) electrons. The molecule has 0 aromatic carbocycles. The summed E-state index contributed by atoms with van der Waals surface area (Å²) in [6.45, 7) is 1.86. The average Bonchev–Trinajstić information content (AvgIpc) is 2.18. The van der Waals surface area contributed by atoms with Crippen molar-refractivity contribution in [1.29, 1.82) is 0 Å². The van der Waals surface area contributed by atoms with Gasteiger partial charge in [-0.2, -0.15) is 5.06 Å². The summed E-state index contributed by atoms with van der Waals surface area (Å²) < 4.78 is 0. The smallest absolute Gasteiger partial charge is 0.0575 e. The van der Waals surface area contributed by atoms with Gasteiger partial charge in [-0.25, -0.2) is 0 Å². The van der Waals surface area contributed by atoms with Crippen molar-refractivity contribution < 1.29 is 4.84 Å². The van der Waals surface area contributed by atoms with E-state index in [0.29, 0.717) is 5.92 Å². The van der Waals surface area contributed by atoms with Gasteiger partial charge in [0.15, 0.2) is 0 Å². The molecule has 78 valence electrons. The lowest BCUT2D eigenvalue weighted by molar-refractivity contribution is -0.124. The molecule has 0 aromatic heterocycles. The maximum atomic E-state index is 5.75. The fourth-order valence-electron chi connectivity index (χ4n) is 2.24. The van der Waals surface area contributed by atoms with E-state index >= 15 is 0 Å². The summed E-state index contributed by atoms with van der Waals surface area (Å²) in [4.78, 5) is 5.14. The third kappa shape index (κ3) is 3.25. The van der Waals surface area contributed by atoms with Crippen LogP contribution in [0.25, 0.3) is 0 Å². The summed E-state index contributed by atoms with van der Waals surface area (Å²) in [5, 5.41) is 1.92. The van der Waals surface area contributed by atoms with Gasteiger partial charge in [0.1, 0.15) is 0 Å². The molecule has 0 aromatic rings. The summed E-state index contributed by atoms with van der Waals surface area (Å²) in [7, 11) is 3.71. The van der Waals surface area contributed by atoms with Crippen LogP contribution in [0.4, 0.5) is 0 Å². The predicted octanol–water partition coefficient (Wildman–Crippen LogP) is 1.24. The molecular weight excluding hydrogens is 164 g/mol. The molecule has 0 amide bonds. The highest BCUT2D eigenvalue weighted by Crippen LogP contribution is 2.29. The molecule has 2 unspecified atom stereocenters. The molecule has 0 aliphatic heterocycles. The largest absolute Gasteiger partial charge is 0.330 e. The van der Waals surface area contributed by atoms with Gasteiger partial charge in [-0.15, -0.1) is 0 Å². The first-order valence-electron chi connectivity index (χ1n) is 5.23.